The Labute approximate surface area is 65.8 Å². The van der Waals surface area contributed by atoms with Gasteiger partial charge in [-0.25, -0.2) is 0 Å². The monoisotopic (exact) mass is 164 g/mol. The van der Waals surface area contributed by atoms with Gasteiger partial charge in [0.15, 0.2) is 0 Å². The zero-order valence-electron chi connectivity index (χ0n) is 8.02. The maximum atomic E-state index is 5.00. The quantitative estimate of drug-likeness (QED) is 0.583. The summed E-state index contributed by atoms with van der Waals surface area (Å²) in [5.41, 5.74) is 0. The molecule has 0 atom stereocenters. The maximum absolute atomic E-state index is 5.00. The van der Waals surface area contributed by atoms with Crippen molar-refractivity contribution >= 4 is 8.56 Å². The molecule has 0 aliphatic carbocycles. The Kier molecular flexibility index (Phi) is 9.26. The van der Waals surface area contributed by atoms with Gasteiger partial charge in [0.1, 0.15) is 0 Å². The molecule has 0 saturated carbocycles. The minimum atomic E-state index is -1.65. The van der Waals surface area contributed by atoms with Crippen molar-refractivity contribution in [3.8, 4) is 0 Å². The van der Waals surface area contributed by atoms with Crippen LogP contribution in [0.3, 0.4) is 0 Å². The fourth-order valence-electron chi connectivity index (χ4n) is 0.0833. The first kappa shape index (κ1) is 12.8. The molecule has 0 aliphatic rings. The van der Waals surface area contributed by atoms with Crippen molar-refractivity contribution in [3.05, 3.63) is 0 Å². The van der Waals surface area contributed by atoms with Crippen molar-refractivity contribution in [2.75, 3.05) is 14.2 Å². The molecule has 3 heteroatoms. The Morgan fingerprint density at radius 2 is 1.20 bits per heavy atom. The average Bonchev–Trinajstić information content (AvgIpc) is 1.90. The molecule has 0 aromatic carbocycles. The zero-order chi connectivity index (χ0) is 8.62. The lowest BCUT2D eigenvalue weighted by atomic mass is 10.6. The van der Waals surface area contributed by atoms with Crippen molar-refractivity contribution in [1.82, 2.24) is 0 Å². The van der Waals surface area contributed by atoms with Crippen LogP contribution in [0.5, 0.6) is 0 Å². The van der Waals surface area contributed by atoms with Crippen LogP contribution in [0, 0.1) is 0 Å². The smallest absolute Gasteiger partial charge is 0.331 e. The van der Waals surface area contributed by atoms with Gasteiger partial charge >= 0.3 is 8.56 Å². The molecule has 0 unspecified atom stereocenters. The van der Waals surface area contributed by atoms with Gasteiger partial charge in [-0.3, -0.25) is 0 Å². The van der Waals surface area contributed by atoms with Crippen LogP contribution in [0.15, 0.2) is 0 Å². The Bertz CT molecular complexity index is 58.6. The summed E-state index contributed by atoms with van der Waals surface area (Å²) in [6.07, 6.45) is 1.25. The van der Waals surface area contributed by atoms with E-state index in [1.165, 1.54) is 6.42 Å². The Balaban J connectivity index is 0. The van der Waals surface area contributed by atoms with Crippen molar-refractivity contribution in [3.63, 3.8) is 0 Å². The molecule has 0 spiro atoms. The van der Waals surface area contributed by atoms with Gasteiger partial charge in [0, 0.05) is 14.2 Å². The molecule has 0 bridgehead atoms. The largest absolute Gasteiger partial charge is 0.398 e. The Morgan fingerprint density at radius 1 is 1.00 bits per heavy atom. The first-order chi connectivity index (χ1) is 4.54. The Hall–Kier alpha value is 0.137. The number of rotatable bonds is 2. The van der Waals surface area contributed by atoms with E-state index in [9.17, 15) is 0 Å². The molecule has 0 amide bonds. The molecule has 0 aromatic rings. The van der Waals surface area contributed by atoms with E-state index < -0.39 is 8.56 Å². The van der Waals surface area contributed by atoms with E-state index in [-0.39, 0.29) is 0 Å². The predicted octanol–water partition coefficient (Wildman–Crippen LogP) is 2.40. The highest BCUT2D eigenvalue weighted by molar-refractivity contribution is 6.64. The molecular formula is C7H20O2Si. The van der Waals surface area contributed by atoms with Crippen LogP contribution in [0.2, 0.25) is 13.1 Å². The summed E-state index contributed by atoms with van der Waals surface area (Å²) < 4.78 is 10.0. The van der Waals surface area contributed by atoms with Crippen LogP contribution in [0.25, 0.3) is 0 Å². The van der Waals surface area contributed by atoms with Gasteiger partial charge in [-0.1, -0.05) is 20.3 Å². The fourth-order valence-corrected chi connectivity index (χ4v) is 0.250. The van der Waals surface area contributed by atoms with Crippen molar-refractivity contribution < 1.29 is 8.85 Å². The molecule has 64 valence electrons. The Morgan fingerprint density at radius 3 is 1.20 bits per heavy atom. The summed E-state index contributed by atoms with van der Waals surface area (Å²) in [7, 11) is 1.70. The van der Waals surface area contributed by atoms with E-state index >= 15 is 0 Å². The molecule has 0 N–H and O–H groups in total. The van der Waals surface area contributed by atoms with Crippen LogP contribution in [0.4, 0.5) is 0 Å². The SMILES string of the molecule is CCC.CO[Si](C)(C)OC. The van der Waals surface area contributed by atoms with Gasteiger partial charge in [0.25, 0.3) is 0 Å². The molecule has 0 fully saturated rings. The molecule has 0 rings (SSSR count). The van der Waals surface area contributed by atoms with E-state index in [4.69, 9.17) is 8.85 Å². The average molecular weight is 164 g/mol. The van der Waals surface area contributed by atoms with E-state index in [2.05, 4.69) is 13.8 Å². The van der Waals surface area contributed by atoms with Crippen molar-refractivity contribution in [1.29, 1.82) is 0 Å². The molecule has 0 aromatic heterocycles. The lowest BCUT2D eigenvalue weighted by molar-refractivity contribution is 0.258. The van der Waals surface area contributed by atoms with Gasteiger partial charge < -0.3 is 8.85 Å². The lowest BCUT2D eigenvalue weighted by Gasteiger charge is -2.15. The molecule has 0 aliphatic heterocycles. The summed E-state index contributed by atoms with van der Waals surface area (Å²) in [6, 6.07) is 0. The fraction of sp³-hybridized carbons (Fsp3) is 1.00. The third-order valence-electron chi connectivity index (χ3n) is 0.983. The van der Waals surface area contributed by atoms with Gasteiger partial charge in [0.2, 0.25) is 0 Å². The molecular weight excluding hydrogens is 144 g/mol. The van der Waals surface area contributed by atoms with Crippen molar-refractivity contribution in [2.24, 2.45) is 0 Å². The van der Waals surface area contributed by atoms with E-state index in [1.807, 2.05) is 13.1 Å². The van der Waals surface area contributed by atoms with Gasteiger partial charge in [-0.2, -0.15) is 0 Å². The topological polar surface area (TPSA) is 18.5 Å². The number of hydrogen-bond donors (Lipinski definition) is 0. The standard InChI is InChI=1S/C4H12O2Si.C3H8/c1-5-7(3,4)6-2;1-3-2/h1-4H3;3H2,1-2H3. The van der Waals surface area contributed by atoms with E-state index in [1.54, 1.807) is 14.2 Å². The van der Waals surface area contributed by atoms with Gasteiger partial charge in [-0.05, 0) is 13.1 Å². The highest BCUT2D eigenvalue weighted by atomic mass is 28.4. The second-order valence-corrected chi connectivity index (χ2v) is 6.13. The summed E-state index contributed by atoms with van der Waals surface area (Å²) in [4.78, 5) is 0. The summed E-state index contributed by atoms with van der Waals surface area (Å²) in [6.45, 7) is 8.24. The van der Waals surface area contributed by atoms with Crippen molar-refractivity contribution in [2.45, 2.75) is 33.4 Å². The highest BCUT2D eigenvalue weighted by Crippen LogP contribution is 1.99. The van der Waals surface area contributed by atoms with Crippen LogP contribution < -0.4 is 0 Å². The summed E-state index contributed by atoms with van der Waals surface area (Å²) in [5, 5.41) is 0. The highest BCUT2D eigenvalue weighted by Gasteiger charge is 2.19. The first-order valence-corrected chi connectivity index (χ1v) is 6.46. The molecule has 2 nitrogen and oxygen atoms in total. The number of hydrogen-bond acceptors (Lipinski definition) is 2. The molecule has 0 radical (unpaired) electrons. The lowest BCUT2D eigenvalue weighted by Crippen LogP contribution is -2.31. The van der Waals surface area contributed by atoms with Crippen LogP contribution >= 0.6 is 0 Å². The third-order valence-corrected chi connectivity index (χ3v) is 2.95. The van der Waals surface area contributed by atoms with Crippen LogP contribution in [-0.4, -0.2) is 22.8 Å². The van der Waals surface area contributed by atoms with E-state index in [0.29, 0.717) is 0 Å². The summed E-state index contributed by atoms with van der Waals surface area (Å²) in [5.74, 6) is 0. The van der Waals surface area contributed by atoms with Crippen LogP contribution in [-0.2, 0) is 8.85 Å². The van der Waals surface area contributed by atoms with E-state index in [0.717, 1.165) is 0 Å². The summed E-state index contributed by atoms with van der Waals surface area (Å²) >= 11 is 0. The molecule has 10 heavy (non-hydrogen) atoms. The second-order valence-electron chi connectivity index (χ2n) is 2.52. The first-order valence-electron chi connectivity index (χ1n) is 3.64. The second kappa shape index (κ2) is 7.25. The van der Waals surface area contributed by atoms with Gasteiger partial charge in [-0.15, -0.1) is 0 Å². The van der Waals surface area contributed by atoms with Gasteiger partial charge in [0.05, 0.1) is 0 Å². The minimum absolute atomic E-state index is 1.25. The molecule has 0 saturated heterocycles. The van der Waals surface area contributed by atoms with Crippen LogP contribution in [0.1, 0.15) is 20.3 Å². The minimum Gasteiger partial charge on any atom is -0.398 e. The normalized spacial score (nSPS) is 10.2. The molecule has 0 heterocycles. The third kappa shape index (κ3) is 11.0. The maximum Gasteiger partial charge on any atom is 0.331 e. The predicted molar refractivity (Wildman–Crippen MR) is 47.5 cm³/mol. The zero-order valence-corrected chi connectivity index (χ0v) is 9.02.